The van der Waals surface area contributed by atoms with E-state index in [2.05, 4.69) is 0 Å². The van der Waals surface area contributed by atoms with E-state index in [1.165, 1.54) is 12.1 Å². The van der Waals surface area contributed by atoms with Gasteiger partial charge in [0.05, 0.1) is 11.7 Å². The molecule has 0 amide bonds. The lowest BCUT2D eigenvalue weighted by Gasteiger charge is -2.17. The molecule has 5 heteroatoms. The molecular formula is C13H16F3NO. The molecular weight excluding hydrogens is 243 g/mol. The van der Waals surface area contributed by atoms with Gasteiger partial charge in [0.2, 0.25) is 0 Å². The summed E-state index contributed by atoms with van der Waals surface area (Å²) in [6.07, 6.45) is -1.48. The summed E-state index contributed by atoms with van der Waals surface area (Å²) in [6.45, 7) is 0.754. The van der Waals surface area contributed by atoms with Crippen molar-refractivity contribution in [2.75, 3.05) is 6.61 Å². The van der Waals surface area contributed by atoms with Crippen LogP contribution in [0.5, 0.6) is 0 Å². The standard InChI is InChI=1S/C13H16F3NO/c14-13(15,16)10-5-3-9(4-6-10)12(17)8-11-2-1-7-18-11/h3-6,11-12H,1-2,7-8,17H2. The van der Waals surface area contributed by atoms with E-state index in [9.17, 15) is 13.2 Å². The van der Waals surface area contributed by atoms with Gasteiger partial charge in [-0.05, 0) is 37.0 Å². The third-order valence-electron chi connectivity index (χ3n) is 3.21. The zero-order chi connectivity index (χ0) is 13.2. The quantitative estimate of drug-likeness (QED) is 0.904. The second-order valence-electron chi connectivity index (χ2n) is 4.60. The van der Waals surface area contributed by atoms with Crippen LogP contribution < -0.4 is 5.73 Å². The van der Waals surface area contributed by atoms with Gasteiger partial charge in [-0.15, -0.1) is 0 Å². The van der Waals surface area contributed by atoms with Crippen LogP contribution in [0, 0.1) is 0 Å². The van der Waals surface area contributed by atoms with Gasteiger partial charge in [-0.2, -0.15) is 13.2 Å². The van der Waals surface area contributed by atoms with E-state index in [0.717, 1.165) is 37.1 Å². The minimum absolute atomic E-state index is 0.141. The number of hydrogen-bond acceptors (Lipinski definition) is 2. The van der Waals surface area contributed by atoms with Crippen molar-refractivity contribution >= 4 is 0 Å². The summed E-state index contributed by atoms with van der Waals surface area (Å²) < 4.78 is 42.7. The van der Waals surface area contributed by atoms with Gasteiger partial charge in [0.15, 0.2) is 0 Å². The Morgan fingerprint density at radius 2 is 1.94 bits per heavy atom. The first-order valence-electron chi connectivity index (χ1n) is 6.01. The predicted octanol–water partition coefficient (Wildman–Crippen LogP) is 3.27. The molecule has 1 heterocycles. The highest BCUT2D eigenvalue weighted by atomic mass is 19.4. The minimum Gasteiger partial charge on any atom is -0.378 e. The Hall–Kier alpha value is -1.07. The van der Waals surface area contributed by atoms with Crippen molar-refractivity contribution in [1.82, 2.24) is 0 Å². The number of ether oxygens (including phenoxy) is 1. The van der Waals surface area contributed by atoms with Gasteiger partial charge in [-0.3, -0.25) is 0 Å². The van der Waals surface area contributed by atoms with Gasteiger partial charge in [0.1, 0.15) is 0 Å². The molecule has 1 saturated heterocycles. The third kappa shape index (κ3) is 3.23. The molecule has 1 aliphatic rings. The Bertz CT molecular complexity index is 382. The Labute approximate surface area is 104 Å². The first kappa shape index (κ1) is 13.4. The number of halogens is 3. The summed E-state index contributed by atoms with van der Waals surface area (Å²) in [5.74, 6) is 0. The second-order valence-corrected chi connectivity index (χ2v) is 4.60. The first-order chi connectivity index (χ1) is 8.47. The topological polar surface area (TPSA) is 35.2 Å². The second kappa shape index (κ2) is 5.28. The number of nitrogens with two attached hydrogens (primary N) is 1. The molecule has 1 aromatic rings. The third-order valence-corrected chi connectivity index (χ3v) is 3.21. The largest absolute Gasteiger partial charge is 0.416 e. The smallest absolute Gasteiger partial charge is 0.378 e. The fraction of sp³-hybridized carbons (Fsp3) is 0.538. The Morgan fingerprint density at radius 3 is 2.44 bits per heavy atom. The van der Waals surface area contributed by atoms with E-state index in [-0.39, 0.29) is 12.1 Å². The molecule has 0 spiro atoms. The van der Waals surface area contributed by atoms with Crippen LogP contribution in [0.2, 0.25) is 0 Å². The molecule has 0 radical (unpaired) electrons. The zero-order valence-electron chi connectivity index (χ0n) is 9.91. The molecule has 0 saturated carbocycles. The highest BCUT2D eigenvalue weighted by molar-refractivity contribution is 5.26. The number of rotatable bonds is 3. The average molecular weight is 259 g/mol. The molecule has 2 atom stereocenters. The van der Waals surface area contributed by atoms with Crippen LogP contribution in [0.25, 0.3) is 0 Å². The lowest BCUT2D eigenvalue weighted by atomic mass is 9.99. The van der Waals surface area contributed by atoms with Crippen molar-refractivity contribution in [2.24, 2.45) is 5.73 Å². The molecule has 2 nitrogen and oxygen atoms in total. The summed E-state index contributed by atoms with van der Waals surface area (Å²) >= 11 is 0. The summed E-state index contributed by atoms with van der Waals surface area (Å²) in [4.78, 5) is 0. The molecule has 1 aromatic carbocycles. The molecule has 100 valence electrons. The van der Waals surface area contributed by atoms with E-state index in [0.29, 0.717) is 6.42 Å². The highest BCUT2D eigenvalue weighted by Gasteiger charge is 2.30. The number of alkyl halides is 3. The molecule has 18 heavy (non-hydrogen) atoms. The maximum atomic E-state index is 12.4. The summed E-state index contributed by atoms with van der Waals surface area (Å²) in [5, 5.41) is 0. The zero-order valence-corrected chi connectivity index (χ0v) is 9.91. The van der Waals surface area contributed by atoms with Crippen molar-refractivity contribution in [1.29, 1.82) is 0 Å². The molecule has 0 aromatic heterocycles. The van der Waals surface area contributed by atoms with Gasteiger partial charge in [0, 0.05) is 12.6 Å². The normalized spacial score (nSPS) is 22.1. The molecule has 2 unspecified atom stereocenters. The molecule has 1 aliphatic heterocycles. The van der Waals surface area contributed by atoms with Crippen molar-refractivity contribution in [3.05, 3.63) is 35.4 Å². The monoisotopic (exact) mass is 259 g/mol. The SMILES string of the molecule is NC(CC1CCCO1)c1ccc(C(F)(F)F)cc1. The van der Waals surface area contributed by atoms with Crippen LogP contribution in [0.15, 0.2) is 24.3 Å². The maximum Gasteiger partial charge on any atom is 0.416 e. The Kier molecular flexibility index (Phi) is 3.92. The van der Waals surface area contributed by atoms with Crippen LogP contribution in [0.3, 0.4) is 0 Å². The van der Waals surface area contributed by atoms with Crippen molar-refractivity contribution in [2.45, 2.75) is 37.6 Å². The molecule has 0 aliphatic carbocycles. The minimum atomic E-state index is -4.29. The van der Waals surface area contributed by atoms with Crippen molar-refractivity contribution in [3.63, 3.8) is 0 Å². The molecule has 2 N–H and O–H groups in total. The number of hydrogen-bond donors (Lipinski definition) is 1. The molecule has 2 rings (SSSR count). The van der Waals surface area contributed by atoms with Gasteiger partial charge in [0.25, 0.3) is 0 Å². The molecule has 0 bridgehead atoms. The van der Waals surface area contributed by atoms with Crippen LogP contribution in [0.4, 0.5) is 13.2 Å². The van der Waals surface area contributed by atoms with Crippen molar-refractivity contribution < 1.29 is 17.9 Å². The first-order valence-corrected chi connectivity index (χ1v) is 6.01. The van der Waals surface area contributed by atoms with E-state index in [1.54, 1.807) is 0 Å². The summed E-state index contributed by atoms with van der Waals surface area (Å²) in [6, 6.07) is 4.77. The van der Waals surface area contributed by atoms with Crippen LogP contribution >= 0.6 is 0 Å². The van der Waals surface area contributed by atoms with Gasteiger partial charge < -0.3 is 10.5 Å². The van der Waals surface area contributed by atoms with Crippen LogP contribution in [-0.2, 0) is 10.9 Å². The van der Waals surface area contributed by atoms with Crippen molar-refractivity contribution in [3.8, 4) is 0 Å². The maximum absolute atomic E-state index is 12.4. The number of benzene rings is 1. The fourth-order valence-corrected chi connectivity index (χ4v) is 2.17. The van der Waals surface area contributed by atoms with Gasteiger partial charge in [-0.25, -0.2) is 0 Å². The van der Waals surface area contributed by atoms with Gasteiger partial charge in [-0.1, -0.05) is 12.1 Å². The predicted molar refractivity (Wildman–Crippen MR) is 62.0 cm³/mol. The Balaban J connectivity index is 2.00. The van der Waals surface area contributed by atoms with E-state index >= 15 is 0 Å². The average Bonchev–Trinajstić information content (AvgIpc) is 2.81. The Morgan fingerprint density at radius 1 is 1.28 bits per heavy atom. The van der Waals surface area contributed by atoms with Crippen LogP contribution in [-0.4, -0.2) is 12.7 Å². The summed E-state index contributed by atoms with van der Waals surface area (Å²) in [7, 11) is 0. The van der Waals surface area contributed by atoms with E-state index in [4.69, 9.17) is 10.5 Å². The lowest BCUT2D eigenvalue weighted by Crippen LogP contribution is -2.18. The van der Waals surface area contributed by atoms with E-state index < -0.39 is 11.7 Å². The molecule has 1 fully saturated rings. The summed E-state index contributed by atoms with van der Waals surface area (Å²) in [5.41, 5.74) is 6.05. The fourth-order valence-electron chi connectivity index (χ4n) is 2.17. The van der Waals surface area contributed by atoms with Crippen LogP contribution in [0.1, 0.15) is 36.4 Å². The van der Waals surface area contributed by atoms with Gasteiger partial charge >= 0.3 is 6.18 Å². The highest BCUT2D eigenvalue weighted by Crippen LogP contribution is 2.30. The lowest BCUT2D eigenvalue weighted by molar-refractivity contribution is -0.137. The van der Waals surface area contributed by atoms with E-state index in [1.807, 2.05) is 0 Å².